The Morgan fingerprint density at radius 2 is 2.07 bits per heavy atom. The summed E-state index contributed by atoms with van der Waals surface area (Å²) in [5.41, 5.74) is -0.260. The van der Waals surface area contributed by atoms with Gasteiger partial charge in [0.1, 0.15) is 17.1 Å². The minimum Gasteiger partial charge on any atom is -0.466 e. The first-order chi connectivity index (χ1) is 13.4. The minimum atomic E-state index is -1.06. The Morgan fingerprint density at radius 3 is 2.64 bits per heavy atom. The number of aryl methyl sites for hydroxylation is 2. The van der Waals surface area contributed by atoms with Crippen molar-refractivity contribution in [2.24, 2.45) is 10.9 Å². The maximum Gasteiger partial charge on any atom is 0.191 e. The highest BCUT2D eigenvalue weighted by Gasteiger charge is 2.27. The molecule has 0 aromatic carbocycles. The lowest BCUT2D eigenvalue weighted by atomic mass is 9.96. The predicted molar refractivity (Wildman–Crippen MR) is 113 cm³/mol. The summed E-state index contributed by atoms with van der Waals surface area (Å²) in [7, 11) is 1.75. The average molecular weight is 395 g/mol. The highest BCUT2D eigenvalue weighted by atomic mass is 16.5. The highest BCUT2D eigenvalue weighted by Crippen LogP contribution is 2.27. The summed E-state index contributed by atoms with van der Waals surface area (Å²) in [5, 5.41) is 17.6. The van der Waals surface area contributed by atoms with E-state index in [4.69, 9.17) is 9.15 Å². The van der Waals surface area contributed by atoms with Crippen molar-refractivity contribution in [2.75, 3.05) is 53.0 Å². The van der Waals surface area contributed by atoms with Crippen LogP contribution in [0.25, 0.3) is 0 Å². The number of guanidine groups is 1. The van der Waals surface area contributed by atoms with E-state index >= 15 is 0 Å². The molecule has 1 aromatic rings. The Kier molecular flexibility index (Phi) is 8.79. The molecule has 0 bridgehead atoms. The quantitative estimate of drug-likeness (QED) is 0.439. The van der Waals surface area contributed by atoms with Gasteiger partial charge in [-0.15, -0.1) is 0 Å². The van der Waals surface area contributed by atoms with E-state index in [0.29, 0.717) is 5.92 Å². The van der Waals surface area contributed by atoms with Crippen molar-refractivity contribution in [3.8, 4) is 0 Å². The van der Waals surface area contributed by atoms with Crippen molar-refractivity contribution in [1.82, 2.24) is 15.5 Å². The molecule has 1 unspecified atom stereocenters. The number of nitrogens with zero attached hydrogens (tertiary/aromatic N) is 2. The monoisotopic (exact) mass is 394 g/mol. The SMILES string of the molecule is CCNC(=NCC(C)(O)c1cc(C)oc1C)NCC1CCN(CCOC)CC1. The van der Waals surface area contributed by atoms with Crippen molar-refractivity contribution in [1.29, 1.82) is 0 Å². The third kappa shape index (κ3) is 6.79. The Balaban J connectivity index is 1.86. The summed E-state index contributed by atoms with van der Waals surface area (Å²) in [6.45, 7) is 13.6. The fraction of sp³-hybridized carbons (Fsp3) is 0.762. The first-order valence-electron chi connectivity index (χ1n) is 10.4. The van der Waals surface area contributed by atoms with Crippen LogP contribution >= 0.6 is 0 Å². The van der Waals surface area contributed by atoms with E-state index in [0.717, 1.165) is 62.4 Å². The highest BCUT2D eigenvalue weighted by molar-refractivity contribution is 5.79. The van der Waals surface area contributed by atoms with Crippen molar-refractivity contribution < 1.29 is 14.3 Å². The molecule has 0 radical (unpaired) electrons. The van der Waals surface area contributed by atoms with Crippen molar-refractivity contribution in [2.45, 2.75) is 46.1 Å². The van der Waals surface area contributed by atoms with Gasteiger partial charge in [0, 0.05) is 32.3 Å². The zero-order chi connectivity index (χ0) is 20.6. The molecular formula is C21H38N4O3. The summed E-state index contributed by atoms with van der Waals surface area (Å²) >= 11 is 0. The van der Waals surface area contributed by atoms with Crippen molar-refractivity contribution >= 4 is 5.96 Å². The van der Waals surface area contributed by atoms with Crippen molar-refractivity contribution in [3.63, 3.8) is 0 Å². The van der Waals surface area contributed by atoms with E-state index in [1.54, 1.807) is 14.0 Å². The molecule has 1 aromatic heterocycles. The number of furan rings is 1. The third-order valence-electron chi connectivity index (χ3n) is 5.39. The van der Waals surface area contributed by atoms with Gasteiger partial charge in [-0.05, 0) is 65.6 Å². The zero-order valence-corrected chi connectivity index (χ0v) is 18.2. The van der Waals surface area contributed by atoms with Crippen LogP contribution < -0.4 is 10.6 Å². The van der Waals surface area contributed by atoms with E-state index in [1.165, 1.54) is 12.8 Å². The summed E-state index contributed by atoms with van der Waals surface area (Å²) in [4.78, 5) is 7.09. The Bertz CT molecular complexity index is 619. The van der Waals surface area contributed by atoms with E-state index in [-0.39, 0.29) is 6.54 Å². The molecule has 1 atom stereocenters. The van der Waals surface area contributed by atoms with E-state index in [1.807, 2.05) is 26.8 Å². The molecule has 0 saturated carbocycles. The molecule has 28 heavy (non-hydrogen) atoms. The van der Waals surface area contributed by atoms with Gasteiger partial charge in [-0.3, -0.25) is 0 Å². The minimum absolute atomic E-state index is 0.275. The van der Waals surface area contributed by atoms with Crippen LogP contribution in [0.15, 0.2) is 15.5 Å². The molecule has 0 spiro atoms. The molecule has 1 saturated heterocycles. The first-order valence-corrected chi connectivity index (χ1v) is 10.4. The van der Waals surface area contributed by atoms with Crippen LogP contribution in [0.4, 0.5) is 0 Å². The van der Waals surface area contributed by atoms with Crippen LogP contribution in [-0.4, -0.2) is 69.0 Å². The molecule has 2 heterocycles. The van der Waals surface area contributed by atoms with E-state index in [9.17, 15) is 5.11 Å². The molecule has 160 valence electrons. The fourth-order valence-corrected chi connectivity index (χ4v) is 3.70. The van der Waals surface area contributed by atoms with Crippen LogP contribution in [-0.2, 0) is 10.3 Å². The topological polar surface area (TPSA) is 82.3 Å². The number of hydrogen-bond acceptors (Lipinski definition) is 5. The number of likely N-dealkylation sites (tertiary alicyclic amines) is 1. The summed E-state index contributed by atoms with van der Waals surface area (Å²) < 4.78 is 10.7. The second-order valence-corrected chi connectivity index (χ2v) is 7.95. The van der Waals surface area contributed by atoms with Gasteiger partial charge in [-0.2, -0.15) is 0 Å². The zero-order valence-electron chi connectivity index (χ0n) is 18.2. The van der Waals surface area contributed by atoms with Gasteiger partial charge >= 0.3 is 0 Å². The molecular weight excluding hydrogens is 356 g/mol. The molecule has 0 amide bonds. The normalized spacial score (nSPS) is 18.9. The van der Waals surface area contributed by atoms with Gasteiger partial charge in [0.25, 0.3) is 0 Å². The number of nitrogens with one attached hydrogen (secondary N) is 2. The van der Waals surface area contributed by atoms with Gasteiger partial charge in [0.15, 0.2) is 5.96 Å². The number of aliphatic imine (C=N–C) groups is 1. The summed E-state index contributed by atoms with van der Waals surface area (Å²) in [6, 6.07) is 1.89. The maximum absolute atomic E-state index is 10.9. The van der Waals surface area contributed by atoms with Gasteiger partial charge in [0.2, 0.25) is 0 Å². The summed E-state index contributed by atoms with van der Waals surface area (Å²) in [6.07, 6.45) is 2.36. The second-order valence-electron chi connectivity index (χ2n) is 7.95. The van der Waals surface area contributed by atoms with Gasteiger partial charge in [-0.25, -0.2) is 4.99 Å². The smallest absolute Gasteiger partial charge is 0.191 e. The molecule has 1 fully saturated rings. The van der Waals surface area contributed by atoms with E-state index in [2.05, 4.69) is 20.5 Å². The van der Waals surface area contributed by atoms with Crippen LogP contribution in [0, 0.1) is 19.8 Å². The Hall–Kier alpha value is -1.57. The fourth-order valence-electron chi connectivity index (χ4n) is 3.70. The van der Waals surface area contributed by atoms with Gasteiger partial charge in [0.05, 0.1) is 13.2 Å². The van der Waals surface area contributed by atoms with Gasteiger partial charge in [-0.1, -0.05) is 0 Å². The number of rotatable bonds is 9. The second kappa shape index (κ2) is 10.8. The van der Waals surface area contributed by atoms with Crippen LogP contribution in [0.3, 0.4) is 0 Å². The van der Waals surface area contributed by atoms with Crippen LogP contribution in [0.2, 0.25) is 0 Å². The Morgan fingerprint density at radius 1 is 1.36 bits per heavy atom. The van der Waals surface area contributed by atoms with E-state index < -0.39 is 5.60 Å². The van der Waals surface area contributed by atoms with Crippen LogP contribution in [0.1, 0.15) is 43.8 Å². The lowest BCUT2D eigenvalue weighted by Gasteiger charge is -2.32. The number of hydrogen-bond donors (Lipinski definition) is 3. The van der Waals surface area contributed by atoms with Crippen molar-refractivity contribution in [3.05, 3.63) is 23.2 Å². The largest absolute Gasteiger partial charge is 0.466 e. The lowest BCUT2D eigenvalue weighted by molar-refractivity contribution is 0.0656. The number of ether oxygens (including phenoxy) is 1. The number of methoxy groups -OCH3 is 1. The molecule has 2 rings (SSSR count). The molecule has 1 aliphatic rings. The molecule has 7 heteroatoms. The molecule has 3 N–H and O–H groups in total. The lowest BCUT2D eigenvalue weighted by Crippen LogP contribution is -2.44. The van der Waals surface area contributed by atoms with Crippen LogP contribution in [0.5, 0.6) is 0 Å². The first kappa shape index (κ1) is 22.7. The maximum atomic E-state index is 10.9. The molecule has 0 aliphatic carbocycles. The third-order valence-corrected chi connectivity index (χ3v) is 5.39. The number of aliphatic hydroxyl groups is 1. The van der Waals surface area contributed by atoms with Gasteiger partial charge < -0.3 is 29.8 Å². The molecule has 7 nitrogen and oxygen atoms in total. The standard InChI is InChI=1S/C21H38N4O3/c1-6-22-20(23-14-18-7-9-25(10-8-18)11-12-27-5)24-15-21(4,26)19-13-16(2)28-17(19)3/h13,18,26H,6-12,14-15H2,1-5H3,(H2,22,23,24). The average Bonchev–Trinajstić information content (AvgIpc) is 3.02. The molecule has 1 aliphatic heterocycles. The Labute approximate surface area is 169 Å². The number of piperidine rings is 1. The predicted octanol–water partition coefficient (Wildman–Crippen LogP) is 2.02. The summed E-state index contributed by atoms with van der Waals surface area (Å²) in [5.74, 6) is 2.94.